The number of rotatable bonds is 8. The van der Waals surface area contributed by atoms with Crippen LogP contribution >= 0.6 is 0 Å². The lowest BCUT2D eigenvalue weighted by Gasteiger charge is -2.16. The van der Waals surface area contributed by atoms with Crippen molar-refractivity contribution >= 4 is 24.1 Å². The molecule has 6 heteroatoms. The summed E-state index contributed by atoms with van der Waals surface area (Å²) < 4.78 is 11.4. The third-order valence-corrected chi connectivity index (χ3v) is 4.96. The molecule has 0 atom stereocenters. The summed E-state index contributed by atoms with van der Waals surface area (Å²) in [5, 5.41) is 19.3. The van der Waals surface area contributed by atoms with E-state index in [2.05, 4.69) is 0 Å². The number of hydrogen-bond donors (Lipinski definition) is 2. The van der Waals surface area contributed by atoms with Gasteiger partial charge in [-0.3, -0.25) is 0 Å². The molecule has 0 saturated heterocycles. The van der Waals surface area contributed by atoms with Gasteiger partial charge in [-0.25, -0.2) is 9.59 Å². The molecule has 0 aromatic heterocycles. The minimum atomic E-state index is -1.33. The lowest BCUT2D eigenvalue weighted by atomic mass is 10.00. The molecular formula is C24H24O6. The summed E-state index contributed by atoms with van der Waals surface area (Å²) in [5.74, 6) is -1.57. The maximum Gasteiger partial charge on any atom is 0.336 e. The molecular weight excluding hydrogens is 384 g/mol. The van der Waals surface area contributed by atoms with Crippen molar-refractivity contribution in [2.45, 2.75) is 31.8 Å². The summed E-state index contributed by atoms with van der Waals surface area (Å²) in [6.45, 7) is 0. The van der Waals surface area contributed by atoms with E-state index in [1.807, 2.05) is 0 Å². The van der Waals surface area contributed by atoms with Crippen LogP contribution in [0.1, 0.15) is 36.8 Å². The van der Waals surface area contributed by atoms with Gasteiger partial charge in [0.25, 0.3) is 0 Å². The minimum absolute atomic E-state index is 0.102. The standard InChI is InChI=1S/C24H24O6/c1-29-21-12-11-17(15-22(21)30-18-9-5-6-10-18)14-20(24(27)28)19(23(25)26)13-16-7-3-2-4-8-16/h2-4,7-8,11-15,18H,5-6,9-10H2,1H3,(H,25,26)(H,27,28)/b19-13-,20-14+. The number of ether oxygens (including phenoxy) is 2. The SMILES string of the molecule is COc1ccc(/C=C(C(=O)O)\C(=C\c2ccccc2)C(=O)O)cc1OC1CCCC1. The molecule has 2 aromatic rings. The second-order valence-corrected chi connectivity index (χ2v) is 7.07. The van der Waals surface area contributed by atoms with E-state index in [0.29, 0.717) is 22.6 Å². The zero-order chi connectivity index (χ0) is 21.5. The van der Waals surface area contributed by atoms with Crippen LogP contribution in [0.2, 0.25) is 0 Å². The van der Waals surface area contributed by atoms with E-state index >= 15 is 0 Å². The summed E-state index contributed by atoms with van der Waals surface area (Å²) in [6.07, 6.45) is 6.95. The van der Waals surface area contributed by atoms with Crippen LogP contribution in [0.3, 0.4) is 0 Å². The summed E-state index contributed by atoms with van der Waals surface area (Å²) in [7, 11) is 1.54. The summed E-state index contributed by atoms with van der Waals surface area (Å²) in [4.78, 5) is 23.7. The Kier molecular flexibility index (Phi) is 6.91. The Morgan fingerprint density at radius 3 is 2.03 bits per heavy atom. The molecule has 2 aromatic carbocycles. The predicted octanol–water partition coefficient (Wildman–Crippen LogP) is 4.65. The van der Waals surface area contributed by atoms with Gasteiger partial charge in [0.2, 0.25) is 0 Å². The van der Waals surface area contributed by atoms with Gasteiger partial charge >= 0.3 is 11.9 Å². The average Bonchev–Trinajstić information content (AvgIpc) is 3.24. The van der Waals surface area contributed by atoms with Gasteiger partial charge in [0.1, 0.15) is 0 Å². The van der Waals surface area contributed by atoms with Gasteiger partial charge in [0, 0.05) is 0 Å². The summed E-state index contributed by atoms with van der Waals surface area (Å²) >= 11 is 0. The smallest absolute Gasteiger partial charge is 0.336 e. The molecule has 0 aliphatic heterocycles. The number of carboxylic acid groups (broad SMARTS) is 2. The molecule has 2 N–H and O–H groups in total. The van der Waals surface area contributed by atoms with Crippen molar-refractivity contribution in [1.82, 2.24) is 0 Å². The third kappa shape index (κ3) is 5.29. The topological polar surface area (TPSA) is 93.1 Å². The first-order valence-electron chi connectivity index (χ1n) is 9.78. The second kappa shape index (κ2) is 9.78. The highest BCUT2D eigenvalue weighted by Crippen LogP contribution is 2.33. The molecule has 1 saturated carbocycles. The van der Waals surface area contributed by atoms with Crippen LogP contribution in [0.15, 0.2) is 59.7 Å². The van der Waals surface area contributed by atoms with Gasteiger partial charge in [-0.05, 0) is 61.1 Å². The van der Waals surface area contributed by atoms with Gasteiger partial charge in [-0.1, -0.05) is 36.4 Å². The molecule has 0 spiro atoms. The molecule has 0 heterocycles. The number of carbonyl (C=O) groups is 2. The number of methoxy groups -OCH3 is 1. The van der Waals surface area contributed by atoms with Crippen molar-refractivity contribution in [2.75, 3.05) is 7.11 Å². The molecule has 30 heavy (non-hydrogen) atoms. The largest absolute Gasteiger partial charge is 0.493 e. The van der Waals surface area contributed by atoms with Gasteiger partial charge in [-0.2, -0.15) is 0 Å². The fourth-order valence-corrected chi connectivity index (χ4v) is 3.45. The van der Waals surface area contributed by atoms with Crippen LogP contribution in [0, 0.1) is 0 Å². The maximum absolute atomic E-state index is 11.9. The number of hydrogen-bond acceptors (Lipinski definition) is 4. The Bertz CT molecular complexity index is 968. The van der Waals surface area contributed by atoms with E-state index in [4.69, 9.17) is 9.47 Å². The highest BCUT2D eigenvalue weighted by atomic mass is 16.5. The zero-order valence-corrected chi connectivity index (χ0v) is 16.7. The Morgan fingerprint density at radius 2 is 1.47 bits per heavy atom. The summed E-state index contributed by atoms with van der Waals surface area (Å²) in [5.41, 5.74) is 0.495. The van der Waals surface area contributed by atoms with E-state index in [1.54, 1.807) is 55.6 Å². The average molecular weight is 408 g/mol. The number of benzene rings is 2. The summed E-state index contributed by atoms with van der Waals surface area (Å²) in [6, 6.07) is 13.8. The Labute approximate surface area is 175 Å². The Hall–Kier alpha value is -3.54. The van der Waals surface area contributed by atoms with E-state index in [9.17, 15) is 19.8 Å². The maximum atomic E-state index is 11.9. The first-order valence-corrected chi connectivity index (χ1v) is 9.78. The normalized spacial score (nSPS) is 15.1. The fourth-order valence-electron chi connectivity index (χ4n) is 3.45. The molecule has 0 unspecified atom stereocenters. The lowest BCUT2D eigenvalue weighted by molar-refractivity contribution is -0.136. The van der Waals surface area contributed by atoms with Crippen molar-refractivity contribution in [1.29, 1.82) is 0 Å². The van der Waals surface area contributed by atoms with Crippen LogP contribution < -0.4 is 9.47 Å². The molecule has 0 radical (unpaired) electrons. The van der Waals surface area contributed by atoms with Crippen LogP contribution in [0.25, 0.3) is 12.2 Å². The quantitative estimate of drug-likeness (QED) is 0.488. The van der Waals surface area contributed by atoms with Crippen molar-refractivity contribution < 1.29 is 29.3 Å². The predicted molar refractivity (Wildman–Crippen MR) is 114 cm³/mol. The van der Waals surface area contributed by atoms with E-state index in [0.717, 1.165) is 25.7 Å². The Balaban J connectivity index is 2.00. The van der Waals surface area contributed by atoms with Gasteiger partial charge in [0.05, 0.1) is 24.4 Å². The van der Waals surface area contributed by atoms with E-state index in [1.165, 1.54) is 12.2 Å². The highest BCUT2D eigenvalue weighted by molar-refractivity contribution is 6.11. The number of carboxylic acids is 2. The Morgan fingerprint density at radius 1 is 0.867 bits per heavy atom. The fraction of sp³-hybridized carbons (Fsp3) is 0.250. The molecule has 1 fully saturated rings. The lowest BCUT2D eigenvalue weighted by Crippen LogP contribution is -2.12. The van der Waals surface area contributed by atoms with Crippen LogP contribution in [0.4, 0.5) is 0 Å². The van der Waals surface area contributed by atoms with Gasteiger partial charge in [0.15, 0.2) is 11.5 Å². The van der Waals surface area contributed by atoms with Crippen LogP contribution in [0.5, 0.6) is 11.5 Å². The van der Waals surface area contributed by atoms with E-state index < -0.39 is 11.9 Å². The molecule has 0 amide bonds. The van der Waals surface area contributed by atoms with Gasteiger partial charge < -0.3 is 19.7 Å². The second-order valence-electron chi connectivity index (χ2n) is 7.07. The van der Waals surface area contributed by atoms with Crippen LogP contribution in [-0.4, -0.2) is 35.4 Å². The zero-order valence-electron chi connectivity index (χ0n) is 16.7. The molecule has 6 nitrogen and oxygen atoms in total. The first-order chi connectivity index (χ1) is 14.5. The van der Waals surface area contributed by atoms with Crippen molar-refractivity contribution in [3.05, 3.63) is 70.8 Å². The monoisotopic (exact) mass is 408 g/mol. The molecule has 1 aliphatic rings. The molecule has 0 bridgehead atoms. The molecule has 1 aliphatic carbocycles. The van der Waals surface area contributed by atoms with E-state index in [-0.39, 0.29) is 17.3 Å². The van der Waals surface area contributed by atoms with Crippen LogP contribution in [-0.2, 0) is 9.59 Å². The van der Waals surface area contributed by atoms with Crippen molar-refractivity contribution in [3.63, 3.8) is 0 Å². The third-order valence-electron chi connectivity index (χ3n) is 4.96. The number of aliphatic carboxylic acids is 2. The molecule has 3 rings (SSSR count). The van der Waals surface area contributed by atoms with Crippen molar-refractivity contribution in [3.8, 4) is 11.5 Å². The van der Waals surface area contributed by atoms with Crippen molar-refractivity contribution in [2.24, 2.45) is 0 Å². The first kappa shape index (κ1) is 21.2. The van der Waals surface area contributed by atoms with Gasteiger partial charge in [-0.15, -0.1) is 0 Å². The molecule has 156 valence electrons. The minimum Gasteiger partial charge on any atom is -0.493 e. The highest BCUT2D eigenvalue weighted by Gasteiger charge is 2.21.